The molecule has 25 heavy (non-hydrogen) atoms. The summed E-state index contributed by atoms with van der Waals surface area (Å²) < 4.78 is 0. The summed E-state index contributed by atoms with van der Waals surface area (Å²) in [6, 6.07) is 10.7. The van der Waals surface area contributed by atoms with Crippen molar-refractivity contribution in [2.45, 2.75) is 12.5 Å². The molecule has 1 aromatic heterocycles. The number of rotatable bonds is 7. The number of carbonyl (C=O) groups excluding carboxylic acids is 1. The molecule has 5 nitrogen and oxygen atoms in total. The monoisotopic (exact) mass is 424 g/mol. The minimum Gasteiger partial charge on any atom is -0.367 e. The van der Waals surface area contributed by atoms with Gasteiger partial charge in [0, 0.05) is 19.3 Å². The lowest BCUT2D eigenvalue weighted by Crippen LogP contribution is -2.43. The molecule has 4 N–H and O–H groups in total. The molecule has 0 saturated heterocycles. The first-order valence-corrected chi connectivity index (χ1v) is 7.94. The number of carbonyl (C=O) groups is 1. The summed E-state index contributed by atoms with van der Waals surface area (Å²) in [6.07, 6.45) is 2.01. The van der Waals surface area contributed by atoms with Gasteiger partial charge in [-0.3, -0.25) is 4.79 Å². The fourth-order valence-corrected chi connectivity index (χ4v) is 2.45. The Morgan fingerprint density at radius 1 is 1.16 bits per heavy atom. The molecule has 1 atom stereocenters. The number of hydrogen-bond donors (Lipinski definition) is 3. The first-order valence-electron chi connectivity index (χ1n) is 7.18. The van der Waals surface area contributed by atoms with Gasteiger partial charge in [0.15, 0.2) is 0 Å². The van der Waals surface area contributed by atoms with Gasteiger partial charge in [-0.1, -0.05) is 53.5 Å². The van der Waals surface area contributed by atoms with Gasteiger partial charge in [0.1, 0.15) is 5.82 Å². The van der Waals surface area contributed by atoms with Crippen molar-refractivity contribution in [1.82, 2.24) is 10.3 Å². The number of benzene rings is 1. The maximum atomic E-state index is 11.9. The maximum Gasteiger partial charge on any atom is 0.237 e. The minimum absolute atomic E-state index is 0. The second kappa shape index (κ2) is 12.2. The van der Waals surface area contributed by atoms with E-state index < -0.39 is 6.04 Å². The van der Waals surface area contributed by atoms with E-state index in [0.717, 1.165) is 5.56 Å². The van der Waals surface area contributed by atoms with Crippen molar-refractivity contribution in [3.05, 3.63) is 58.2 Å². The molecule has 2 aromatic rings. The summed E-state index contributed by atoms with van der Waals surface area (Å²) in [6.45, 7) is 0.903. The highest BCUT2D eigenvalue weighted by Gasteiger charge is 2.13. The zero-order chi connectivity index (χ0) is 16.7. The highest BCUT2D eigenvalue weighted by atomic mass is 35.5. The van der Waals surface area contributed by atoms with Crippen molar-refractivity contribution in [1.29, 1.82) is 0 Å². The minimum atomic E-state index is -0.574. The molecular formula is C16H20Cl4N4O. The second-order valence-corrected chi connectivity index (χ2v) is 5.84. The predicted octanol–water partition coefficient (Wildman–Crippen LogP) is 3.33. The molecule has 1 aromatic carbocycles. The summed E-state index contributed by atoms with van der Waals surface area (Å²) in [4.78, 5) is 16.0. The summed E-state index contributed by atoms with van der Waals surface area (Å²) in [5.41, 5.74) is 6.94. The van der Waals surface area contributed by atoms with Crippen LogP contribution in [0.2, 0.25) is 10.0 Å². The van der Waals surface area contributed by atoms with Gasteiger partial charge in [-0.05, 0) is 18.1 Å². The fourth-order valence-electron chi connectivity index (χ4n) is 2.00. The largest absolute Gasteiger partial charge is 0.367 e. The van der Waals surface area contributed by atoms with Crippen molar-refractivity contribution >= 4 is 59.7 Å². The van der Waals surface area contributed by atoms with E-state index in [4.69, 9.17) is 28.9 Å². The molecule has 0 fully saturated rings. The van der Waals surface area contributed by atoms with Gasteiger partial charge in [-0.25, -0.2) is 4.98 Å². The lowest BCUT2D eigenvalue weighted by molar-refractivity contribution is -0.122. The first-order chi connectivity index (χ1) is 11.1. The number of pyridine rings is 1. The number of nitrogens with zero attached hydrogens (tertiary/aromatic N) is 1. The molecule has 138 valence electrons. The van der Waals surface area contributed by atoms with Crippen molar-refractivity contribution in [3.63, 3.8) is 0 Å². The van der Waals surface area contributed by atoms with Crippen LogP contribution in [0.1, 0.15) is 5.56 Å². The van der Waals surface area contributed by atoms with Crippen molar-refractivity contribution in [3.8, 4) is 0 Å². The molecule has 0 radical (unpaired) electrons. The molecule has 1 unspecified atom stereocenters. The third-order valence-corrected chi connectivity index (χ3v) is 3.65. The van der Waals surface area contributed by atoms with Crippen LogP contribution in [0.5, 0.6) is 0 Å². The predicted molar refractivity (Wildman–Crippen MR) is 108 cm³/mol. The third-order valence-electron chi connectivity index (χ3n) is 3.16. The van der Waals surface area contributed by atoms with E-state index in [1.165, 1.54) is 6.20 Å². The Morgan fingerprint density at radius 2 is 1.84 bits per heavy atom. The molecule has 1 heterocycles. The number of nitrogens with two attached hydrogens (primary N) is 1. The van der Waals surface area contributed by atoms with Gasteiger partial charge < -0.3 is 16.4 Å². The fraction of sp³-hybridized carbons (Fsp3) is 0.250. The average molecular weight is 426 g/mol. The van der Waals surface area contributed by atoms with Crippen LogP contribution in [0, 0.1) is 0 Å². The van der Waals surface area contributed by atoms with E-state index in [1.54, 1.807) is 6.07 Å². The number of amides is 1. The Morgan fingerprint density at radius 3 is 2.48 bits per heavy atom. The lowest BCUT2D eigenvalue weighted by Gasteiger charge is -2.13. The van der Waals surface area contributed by atoms with Crippen molar-refractivity contribution in [2.24, 2.45) is 5.73 Å². The Hall–Kier alpha value is -1.24. The number of nitrogens with one attached hydrogen (secondary N) is 2. The van der Waals surface area contributed by atoms with Crippen LogP contribution >= 0.6 is 48.0 Å². The number of hydrogen-bond acceptors (Lipinski definition) is 4. The van der Waals surface area contributed by atoms with Gasteiger partial charge in [0.25, 0.3) is 0 Å². The highest BCUT2D eigenvalue weighted by molar-refractivity contribution is 6.35. The quantitative estimate of drug-likeness (QED) is 0.594. The summed E-state index contributed by atoms with van der Waals surface area (Å²) >= 11 is 11.8. The Kier molecular flexibility index (Phi) is 11.6. The zero-order valence-corrected chi connectivity index (χ0v) is 16.4. The Labute approximate surface area is 169 Å². The molecule has 0 saturated carbocycles. The smallest absolute Gasteiger partial charge is 0.237 e. The molecule has 0 bridgehead atoms. The van der Waals surface area contributed by atoms with Crippen LogP contribution in [0.3, 0.4) is 0 Å². The van der Waals surface area contributed by atoms with Gasteiger partial charge in [0.2, 0.25) is 5.91 Å². The number of anilines is 1. The van der Waals surface area contributed by atoms with Crippen LogP contribution in [-0.2, 0) is 11.2 Å². The molecule has 1 amide bonds. The molecular weight excluding hydrogens is 406 g/mol. The molecule has 0 spiro atoms. The van der Waals surface area contributed by atoms with E-state index >= 15 is 0 Å². The van der Waals surface area contributed by atoms with Crippen LogP contribution in [-0.4, -0.2) is 30.0 Å². The van der Waals surface area contributed by atoms with Crippen LogP contribution < -0.4 is 16.4 Å². The summed E-state index contributed by atoms with van der Waals surface area (Å²) in [5.74, 6) is 0.338. The SMILES string of the molecule is Cl.Cl.NC(Cc1ccccc1)C(=O)NCCNc1ncc(Cl)cc1Cl. The molecule has 0 aliphatic rings. The zero-order valence-electron chi connectivity index (χ0n) is 13.2. The summed E-state index contributed by atoms with van der Waals surface area (Å²) in [5, 5.41) is 6.72. The van der Waals surface area contributed by atoms with Crippen LogP contribution in [0.4, 0.5) is 5.82 Å². The van der Waals surface area contributed by atoms with E-state index in [0.29, 0.717) is 35.4 Å². The Balaban J connectivity index is 0.00000288. The molecule has 9 heteroatoms. The van der Waals surface area contributed by atoms with Gasteiger partial charge >= 0.3 is 0 Å². The molecule has 0 aliphatic carbocycles. The first kappa shape index (κ1) is 23.8. The lowest BCUT2D eigenvalue weighted by atomic mass is 10.1. The van der Waals surface area contributed by atoms with Gasteiger partial charge in [-0.15, -0.1) is 24.8 Å². The van der Waals surface area contributed by atoms with E-state index in [1.807, 2.05) is 30.3 Å². The summed E-state index contributed by atoms with van der Waals surface area (Å²) in [7, 11) is 0. The highest BCUT2D eigenvalue weighted by Crippen LogP contribution is 2.21. The van der Waals surface area contributed by atoms with Crippen molar-refractivity contribution in [2.75, 3.05) is 18.4 Å². The normalized spacial score (nSPS) is 10.8. The third kappa shape index (κ3) is 8.12. The second-order valence-electron chi connectivity index (χ2n) is 5.00. The van der Waals surface area contributed by atoms with E-state index in [-0.39, 0.29) is 30.7 Å². The van der Waals surface area contributed by atoms with E-state index in [9.17, 15) is 4.79 Å². The maximum absolute atomic E-state index is 11.9. The van der Waals surface area contributed by atoms with E-state index in [2.05, 4.69) is 15.6 Å². The Bertz CT molecular complexity index is 658. The standard InChI is InChI=1S/C16H18Cl2N4O.2ClH/c17-12-9-13(18)15(22-10-12)20-6-7-21-16(23)14(19)8-11-4-2-1-3-5-11;;/h1-5,9-10,14H,6-8,19H2,(H,20,22)(H,21,23);2*1H. The van der Waals surface area contributed by atoms with Gasteiger partial charge in [-0.2, -0.15) is 0 Å². The van der Waals surface area contributed by atoms with Gasteiger partial charge in [0.05, 0.1) is 16.1 Å². The van der Waals surface area contributed by atoms with Crippen molar-refractivity contribution < 1.29 is 4.79 Å². The molecule has 0 aliphatic heterocycles. The van der Waals surface area contributed by atoms with Crippen LogP contribution in [0.25, 0.3) is 0 Å². The topological polar surface area (TPSA) is 80.0 Å². The van der Waals surface area contributed by atoms with Crippen LogP contribution in [0.15, 0.2) is 42.6 Å². The molecule has 2 rings (SSSR count). The number of halogens is 4. The average Bonchev–Trinajstić information content (AvgIpc) is 2.54. The number of aromatic nitrogens is 1.